The number of aryl methyl sites for hydroxylation is 1. The minimum absolute atomic E-state index is 0.172. The highest BCUT2D eigenvalue weighted by molar-refractivity contribution is 5.81. The van der Waals surface area contributed by atoms with E-state index in [-0.39, 0.29) is 23.8 Å². The van der Waals surface area contributed by atoms with Gasteiger partial charge in [0.15, 0.2) is 0 Å². The molecule has 0 saturated heterocycles. The molecule has 1 aromatic rings. The van der Waals surface area contributed by atoms with Crippen molar-refractivity contribution >= 4 is 11.8 Å². The van der Waals surface area contributed by atoms with Crippen LogP contribution in [0, 0.1) is 5.92 Å². The molecule has 3 aliphatic carbocycles. The van der Waals surface area contributed by atoms with E-state index in [2.05, 4.69) is 34.5 Å². The zero-order valence-corrected chi connectivity index (χ0v) is 14.2. The highest BCUT2D eigenvalue weighted by Gasteiger charge is 2.39. The van der Waals surface area contributed by atoms with Gasteiger partial charge in [-0.25, -0.2) is 0 Å². The SMILES string of the molecule is O=C(NCCCC(=O)N(C1CC1)C1CCc2ccccc21)C1CC1. The number of nitrogens with one attached hydrogen (secondary N) is 1. The van der Waals surface area contributed by atoms with Crippen LogP contribution in [0.1, 0.15) is 62.1 Å². The molecule has 0 heterocycles. The number of rotatable bonds is 7. The van der Waals surface area contributed by atoms with Gasteiger partial charge in [-0.1, -0.05) is 24.3 Å². The summed E-state index contributed by atoms with van der Waals surface area (Å²) in [5.41, 5.74) is 2.75. The fourth-order valence-electron chi connectivity index (χ4n) is 3.88. The highest BCUT2D eigenvalue weighted by Crippen LogP contribution is 2.42. The van der Waals surface area contributed by atoms with Crippen molar-refractivity contribution in [1.82, 2.24) is 10.2 Å². The molecule has 4 nitrogen and oxygen atoms in total. The van der Waals surface area contributed by atoms with Crippen LogP contribution in [0.2, 0.25) is 0 Å². The molecule has 128 valence electrons. The predicted molar refractivity (Wildman–Crippen MR) is 92.3 cm³/mol. The van der Waals surface area contributed by atoms with Crippen LogP contribution >= 0.6 is 0 Å². The van der Waals surface area contributed by atoms with E-state index in [4.69, 9.17) is 0 Å². The van der Waals surface area contributed by atoms with Gasteiger partial charge in [-0.2, -0.15) is 0 Å². The first-order chi connectivity index (χ1) is 11.7. The Morgan fingerprint density at radius 3 is 2.62 bits per heavy atom. The summed E-state index contributed by atoms with van der Waals surface area (Å²) in [6, 6.07) is 9.26. The third-order valence-corrected chi connectivity index (χ3v) is 5.48. The van der Waals surface area contributed by atoms with E-state index in [1.54, 1.807) is 0 Å². The molecule has 1 atom stereocenters. The molecule has 0 radical (unpaired) electrons. The normalized spacial score (nSPS) is 22.1. The molecule has 2 fully saturated rings. The van der Waals surface area contributed by atoms with E-state index in [0.717, 1.165) is 44.9 Å². The van der Waals surface area contributed by atoms with E-state index in [9.17, 15) is 9.59 Å². The summed E-state index contributed by atoms with van der Waals surface area (Å²) in [6.45, 7) is 0.626. The van der Waals surface area contributed by atoms with Crippen molar-refractivity contribution in [3.8, 4) is 0 Å². The molecule has 1 N–H and O–H groups in total. The number of carbonyl (C=O) groups excluding carboxylic acids is 2. The number of hydrogen-bond acceptors (Lipinski definition) is 2. The molecular formula is C20H26N2O2. The van der Waals surface area contributed by atoms with Crippen LogP contribution in [-0.2, 0) is 16.0 Å². The Bertz CT molecular complexity index is 634. The Labute approximate surface area is 143 Å². The van der Waals surface area contributed by atoms with Crippen molar-refractivity contribution in [3.05, 3.63) is 35.4 Å². The van der Waals surface area contributed by atoms with Crippen molar-refractivity contribution in [3.63, 3.8) is 0 Å². The second kappa shape index (κ2) is 6.58. The van der Waals surface area contributed by atoms with Crippen LogP contribution in [0.3, 0.4) is 0 Å². The third kappa shape index (κ3) is 3.33. The van der Waals surface area contributed by atoms with Crippen LogP contribution in [0.4, 0.5) is 0 Å². The summed E-state index contributed by atoms with van der Waals surface area (Å²) < 4.78 is 0. The molecule has 2 saturated carbocycles. The summed E-state index contributed by atoms with van der Waals surface area (Å²) in [5, 5.41) is 2.96. The van der Waals surface area contributed by atoms with Gasteiger partial charge in [0.05, 0.1) is 6.04 Å². The summed E-state index contributed by atoms with van der Waals surface area (Å²) in [5.74, 6) is 0.685. The van der Waals surface area contributed by atoms with E-state index in [1.807, 2.05) is 0 Å². The minimum Gasteiger partial charge on any atom is -0.356 e. The summed E-state index contributed by atoms with van der Waals surface area (Å²) in [6.07, 6.45) is 7.76. The second-order valence-corrected chi connectivity index (χ2v) is 7.45. The Kier molecular flexibility index (Phi) is 4.30. The second-order valence-electron chi connectivity index (χ2n) is 7.45. The maximum Gasteiger partial charge on any atom is 0.223 e. The summed E-state index contributed by atoms with van der Waals surface area (Å²) >= 11 is 0. The number of hydrogen-bond donors (Lipinski definition) is 1. The Morgan fingerprint density at radius 1 is 1.08 bits per heavy atom. The molecule has 0 spiro atoms. The molecule has 4 rings (SSSR count). The lowest BCUT2D eigenvalue weighted by molar-refractivity contribution is -0.134. The zero-order chi connectivity index (χ0) is 16.5. The van der Waals surface area contributed by atoms with Gasteiger partial charge in [0, 0.05) is 24.9 Å². The van der Waals surface area contributed by atoms with Gasteiger partial charge in [-0.15, -0.1) is 0 Å². The molecule has 2 amide bonds. The van der Waals surface area contributed by atoms with Gasteiger partial charge in [0.25, 0.3) is 0 Å². The topological polar surface area (TPSA) is 49.4 Å². The van der Waals surface area contributed by atoms with Crippen LogP contribution < -0.4 is 5.32 Å². The Balaban J connectivity index is 1.33. The standard InChI is InChI=1S/C20H26N2O2/c23-19(6-3-13-21-20(24)15-7-8-15)22(16-10-11-16)18-12-9-14-4-1-2-5-17(14)18/h1-2,4-5,15-16,18H,3,6-13H2,(H,21,24). The predicted octanol–water partition coefficient (Wildman–Crippen LogP) is 2.97. The minimum atomic E-state index is 0.172. The van der Waals surface area contributed by atoms with Gasteiger partial charge >= 0.3 is 0 Å². The Hall–Kier alpha value is -1.84. The van der Waals surface area contributed by atoms with Crippen LogP contribution in [-0.4, -0.2) is 29.3 Å². The van der Waals surface area contributed by atoms with Crippen LogP contribution in [0.5, 0.6) is 0 Å². The monoisotopic (exact) mass is 326 g/mol. The van der Waals surface area contributed by atoms with Crippen molar-refractivity contribution in [1.29, 1.82) is 0 Å². The fourth-order valence-corrected chi connectivity index (χ4v) is 3.88. The maximum absolute atomic E-state index is 12.8. The average molecular weight is 326 g/mol. The molecule has 0 bridgehead atoms. The molecule has 24 heavy (non-hydrogen) atoms. The largest absolute Gasteiger partial charge is 0.356 e. The molecule has 1 aromatic carbocycles. The van der Waals surface area contributed by atoms with Crippen molar-refractivity contribution in [2.24, 2.45) is 5.92 Å². The quantitative estimate of drug-likeness (QED) is 0.783. The summed E-state index contributed by atoms with van der Waals surface area (Å²) in [7, 11) is 0. The molecule has 0 aliphatic heterocycles. The van der Waals surface area contributed by atoms with Crippen molar-refractivity contribution in [2.45, 2.75) is 63.5 Å². The van der Waals surface area contributed by atoms with Gasteiger partial charge in [0.2, 0.25) is 11.8 Å². The number of benzene rings is 1. The van der Waals surface area contributed by atoms with Gasteiger partial charge < -0.3 is 10.2 Å². The number of amides is 2. The van der Waals surface area contributed by atoms with E-state index in [0.29, 0.717) is 19.0 Å². The van der Waals surface area contributed by atoms with Crippen LogP contribution in [0.25, 0.3) is 0 Å². The first-order valence-electron chi connectivity index (χ1n) is 9.40. The lowest BCUT2D eigenvalue weighted by atomic mass is 10.1. The average Bonchev–Trinajstić information content (AvgIpc) is 3.50. The van der Waals surface area contributed by atoms with Gasteiger partial charge in [0.1, 0.15) is 0 Å². The maximum atomic E-state index is 12.8. The number of fused-ring (bicyclic) bond motifs is 1. The first kappa shape index (κ1) is 15.7. The molecule has 0 aromatic heterocycles. The fraction of sp³-hybridized carbons (Fsp3) is 0.600. The van der Waals surface area contributed by atoms with E-state index < -0.39 is 0 Å². The summed E-state index contributed by atoms with van der Waals surface area (Å²) in [4.78, 5) is 26.6. The molecule has 4 heteroatoms. The first-order valence-corrected chi connectivity index (χ1v) is 9.40. The zero-order valence-electron chi connectivity index (χ0n) is 14.2. The lowest BCUT2D eigenvalue weighted by Crippen LogP contribution is -2.36. The number of carbonyl (C=O) groups is 2. The van der Waals surface area contributed by atoms with Crippen molar-refractivity contribution < 1.29 is 9.59 Å². The number of nitrogens with zero attached hydrogens (tertiary/aromatic N) is 1. The van der Waals surface area contributed by atoms with Gasteiger partial charge in [-0.05, 0) is 56.1 Å². The van der Waals surface area contributed by atoms with Crippen LogP contribution in [0.15, 0.2) is 24.3 Å². The van der Waals surface area contributed by atoms with Crippen molar-refractivity contribution in [2.75, 3.05) is 6.54 Å². The van der Waals surface area contributed by atoms with E-state index in [1.165, 1.54) is 11.1 Å². The smallest absolute Gasteiger partial charge is 0.223 e. The molecular weight excluding hydrogens is 300 g/mol. The highest BCUT2D eigenvalue weighted by atomic mass is 16.2. The lowest BCUT2D eigenvalue weighted by Gasteiger charge is -2.30. The molecule has 3 aliphatic rings. The molecule has 1 unspecified atom stereocenters. The third-order valence-electron chi connectivity index (χ3n) is 5.48. The Morgan fingerprint density at radius 2 is 1.88 bits per heavy atom. The van der Waals surface area contributed by atoms with E-state index >= 15 is 0 Å². The van der Waals surface area contributed by atoms with Gasteiger partial charge in [-0.3, -0.25) is 9.59 Å².